The topological polar surface area (TPSA) is 51.7 Å². The number of para-hydroxylation sites is 1. The Bertz CT molecular complexity index is 905. The van der Waals surface area contributed by atoms with Crippen LogP contribution in [0.5, 0.6) is 11.5 Å². The molecule has 2 heterocycles. The minimum atomic E-state index is 0.0275. The minimum Gasteiger partial charge on any atom is -0.494 e. The van der Waals surface area contributed by atoms with Gasteiger partial charge >= 0.3 is 0 Å². The lowest BCUT2D eigenvalue weighted by atomic mass is 9.99. The van der Waals surface area contributed by atoms with Crippen molar-refractivity contribution in [2.24, 2.45) is 0 Å². The largest absolute Gasteiger partial charge is 0.494 e. The number of likely N-dealkylation sites (tertiary alicyclic amines) is 1. The molecule has 0 aliphatic carbocycles. The van der Waals surface area contributed by atoms with Gasteiger partial charge in [-0.2, -0.15) is 0 Å². The van der Waals surface area contributed by atoms with Crippen LogP contribution in [0, 0.1) is 0 Å². The molecule has 1 amide bonds. The molecule has 1 aliphatic heterocycles. The fourth-order valence-corrected chi connectivity index (χ4v) is 4.60. The van der Waals surface area contributed by atoms with Crippen LogP contribution < -0.4 is 9.47 Å². The fraction of sp³-hybridized carbons (Fsp3) is 0.364. The van der Waals surface area contributed by atoms with E-state index in [1.54, 1.807) is 11.3 Å². The molecule has 5 nitrogen and oxygen atoms in total. The summed E-state index contributed by atoms with van der Waals surface area (Å²) in [6.45, 7) is 4.13. The van der Waals surface area contributed by atoms with Crippen LogP contribution in [0.3, 0.4) is 0 Å². The third-order valence-corrected chi connectivity index (χ3v) is 6.13. The molecular weight excluding hydrogens is 372 g/mol. The fourth-order valence-electron chi connectivity index (χ4n) is 3.51. The van der Waals surface area contributed by atoms with Gasteiger partial charge in [-0.3, -0.25) is 4.79 Å². The number of thiazole rings is 1. The first kappa shape index (κ1) is 18.7. The van der Waals surface area contributed by atoms with E-state index in [9.17, 15) is 4.79 Å². The van der Waals surface area contributed by atoms with E-state index in [1.807, 2.05) is 54.3 Å². The number of nitrogens with zero attached hydrogens (tertiary/aromatic N) is 2. The van der Waals surface area contributed by atoms with Gasteiger partial charge in [0.1, 0.15) is 11.5 Å². The lowest BCUT2D eigenvalue weighted by Crippen LogP contribution is -2.41. The molecule has 1 aliphatic rings. The van der Waals surface area contributed by atoms with Gasteiger partial charge in [0.2, 0.25) is 0 Å². The predicted octanol–water partition coefficient (Wildman–Crippen LogP) is 4.48. The Labute approximate surface area is 168 Å². The summed E-state index contributed by atoms with van der Waals surface area (Å²) in [6.07, 6.45) is 2.07. The maximum absolute atomic E-state index is 12.6. The van der Waals surface area contributed by atoms with Crippen molar-refractivity contribution in [2.75, 3.05) is 26.3 Å². The van der Waals surface area contributed by atoms with Crippen LogP contribution in [0.25, 0.3) is 10.2 Å². The molecule has 1 aromatic heterocycles. The average Bonchev–Trinajstić information content (AvgIpc) is 3.18. The van der Waals surface area contributed by atoms with Crippen molar-refractivity contribution >= 4 is 27.5 Å². The second-order valence-electron chi connectivity index (χ2n) is 6.89. The number of aromatic nitrogens is 1. The smallest absolute Gasteiger partial charge is 0.260 e. The molecule has 1 fully saturated rings. The lowest BCUT2D eigenvalue weighted by molar-refractivity contribution is -0.134. The maximum atomic E-state index is 12.6. The molecule has 1 saturated heterocycles. The molecule has 0 unspecified atom stereocenters. The number of rotatable bonds is 6. The molecule has 3 aromatic rings. The predicted molar refractivity (Wildman–Crippen MR) is 111 cm³/mol. The van der Waals surface area contributed by atoms with Crippen molar-refractivity contribution < 1.29 is 14.3 Å². The van der Waals surface area contributed by atoms with Gasteiger partial charge in [0.15, 0.2) is 6.61 Å². The number of piperidine rings is 1. The average molecular weight is 397 g/mol. The number of ether oxygens (including phenoxy) is 2. The quantitative estimate of drug-likeness (QED) is 0.616. The summed E-state index contributed by atoms with van der Waals surface area (Å²) in [5.41, 5.74) is 1.05. The van der Waals surface area contributed by atoms with Crippen molar-refractivity contribution in [3.8, 4) is 11.5 Å². The molecule has 0 bridgehead atoms. The van der Waals surface area contributed by atoms with Gasteiger partial charge in [-0.25, -0.2) is 4.98 Å². The Morgan fingerprint density at radius 3 is 2.64 bits per heavy atom. The van der Waals surface area contributed by atoms with Crippen LogP contribution in [-0.4, -0.2) is 42.1 Å². The molecule has 4 rings (SSSR count). The second kappa shape index (κ2) is 8.61. The Hall–Kier alpha value is -2.60. The van der Waals surface area contributed by atoms with E-state index >= 15 is 0 Å². The van der Waals surface area contributed by atoms with Crippen molar-refractivity contribution in [1.29, 1.82) is 0 Å². The number of carbonyl (C=O) groups is 1. The first-order valence-corrected chi connectivity index (χ1v) is 10.5. The van der Waals surface area contributed by atoms with Crippen LogP contribution in [0.2, 0.25) is 0 Å². The van der Waals surface area contributed by atoms with E-state index in [2.05, 4.69) is 6.07 Å². The zero-order valence-electron chi connectivity index (χ0n) is 16.0. The Kier molecular flexibility index (Phi) is 5.76. The van der Waals surface area contributed by atoms with Crippen molar-refractivity contribution in [1.82, 2.24) is 9.88 Å². The summed E-state index contributed by atoms with van der Waals surface area (Å²) in [6, 6.07) is 15.6. The third kappa shape index (κ3) is 4.28. The number of hydrogen-bond donors (Lipinski definition) is 0. The highest BCUT2D eigenvalue weighted by Crippen LogP contribution is 2.33. The van der Waals surface area contributed by atoms with Crippen LogP contribution in [0.4, 0.5) is 0 Å². The highest BCUT2D eigenvalue weighted by Gasteiger charge is 2.27. The Balaban J connectivity index is 1.35. The second-order valence-corrected chi connectivity index (χ2v) is 7.95. The molecule has 0 radical (unpaired) electrons. The first-order chi connectivity index (χ1) is 13.7. The zero-order valence-corrected chi connectivity index (χ0v) is 16.8. The summed E-state index contributed by atoms with van der Waals surface area (Å²) < 4.78 is 12.3. The Morgan fingerprint density at radius 1 is 1.14 bits per heavy atom. The standard InChI is InChI=1S/C22H24N2O3S/c1-2-26-17-9-11-18(12-10-17)27-15-21(25)24-13-5-6-16(14-24)22-23-19-7-3-4-8-20(19)28-22/h3-4,7-12,16H,2,5-6,13-15H2,1H3/t16-/m0/s1. The molecule has 2 aromatic carbocycles. The number of hydrogen-bond acceptors (Lipinski definition) is 5. The summed E-state index contributed by atoms with van der Waals surface area (Å²) in [5, 5.41) is 1.13. The van der Waals surface area contributed by atoms with Crippen molar-refractivity contribution in [3.05, 3.63) is 53.5 Å². The lowest BCUT2D eigenvalue weighted by Gasteiger charge is -2.31. The van der Waals surface area contributed by atoms with Gasteiger partial charge in [-0.05, 0) is 56.2 Å². The normalized spacial score (nSPS) is 16.9. The summed E-state index contributed by atoms with van der Waals surface area (Å²) in [4.78, 5) is 19.3. The number of amides is 1. The van der Waals surface area contributed by atoms with E-state index < -0.39 is 0 Å². The third-order valence-electron chi connectivity index (χ3n) is 4.93. The van der Waals surface area contributed by atoms with E-state index in [1.165, 1.54) is 4.70 Å². The highest BCUT2D eigenvalue weighted by molar-refractivity contribution is 7.18. The minimum absolute atomic E-state index is 0.0275. The molecule has 0 spiro atoms. The molecule has 28 heavy (non-hydrogen) atoms. The zero-order chi connectivity index (χ0) is 19.3. The number of fused-ring (bicyclic) bond motifs is 1. The van der Waals surface area contributed by atoms with Crippen molar-refractivity contribution in [3.63, 3.8) is 0 Å². The van der Waals surface area contributed by atoms with Gasteiger partial charge in [-0.1, -0.05) is 12.1 Å². The summed E-state index contributed by atoms with van der Waals surface area (Å²) in [7, 11) is 0. The van der Waals surface area contributed by atoms with Gasteiger partial charge in [0.05, 0.1) is 21.8 Å². The monoisotopic (exact) mass is 396 g/mol. The maximum Gasteiger partial charge on any atom is 0.260 e. The SMILES string of the molecule is CCOc1ccc(OCC(=O)N2CCC[C@H](c3nc4ccccc4s3)C2)cc1. The number of benzene rings is 2. The highest BCUT2D eigenvalue weighted by atomic mass is 32.1. The molecule has 0 N–H and O–H groups in total. The van der Waals surface area contributed by atoms with Gasteiger partial charge in [-0.15, -0.1) is 11.3 Å². The molecular formula is C22H24N2O3S. The van der Waals surface area contributed by atoms with Crippen LogP contribution in [0.15, 0.2) is 48.5 Å². The van der Waals surface area contributed by atoms with E-state index in [4.69, 9.17) is 14.5 Å². The molecule has 0 saturated carbocycles. The summed E-state index contributed by atoms with van der Waals surface area (Å²) in [5.74, 6) is 1.81. The molecule has 1 atom stereocenters. The van der Waals surface area contributed by atoms with E-state index in [0.29, 0.717) is 24.8 Å². The van der Waals surface area contributed by atoms with Crippen LogP contribution >= 0.6 is 11.3 Å². The molecule has 146 valence electrons. The van der Waals surface area contributed by atoms with Gasteiger partial charge < -0.3 is 14.4 Å². The number of carbonyl (C=O) groups excluding carboxylic acids is 1. The van der Waals surface area contributed by atoms with Crippen LogP contribution in [0.1, 0.15) is 30.7 Å². The van der Waals surface area contributed by atoms with E-state index in [-0.39, 0.29) is 12.5 Å². The molecule has 6 heteroatoms. The van der Waals surface area contributed by atoms with Crippen molar-refractivity contribution in [2.45, 2.75) is 25.7 Å². The van der Waals surface area contributed by atoms with Crippen LogP contribution in [-0.2, 0) is 4.79 Å². The Morgan fingerprint density at radius 2 is 1.89 bits per heavy atom. The van der Waals surface area contributed by atoms with Gasteiger partial charge in [0, 0.05) is 19.0 Å². The first-order valence-electron chi connectivity index (χ1n) is 9.72. The van der Waals surface area contributed by atoms with E-state index in [0.717, 1.165) is 35.7 Å². The summed E-state index contributed by atoms with van der Waals surface area (Å²) >= 11 is 1.74. The van der Waals surface area contributed by atoms with Gasteiger partial charge in [0.25, 0.3) is 5.91 Å².